The largest absolute Gasteiger partial charge is 0.324 e. The Kier molecular flexibility index (Phi) is 4.53. The maximum Gasteiger partial charge on any atom is 0.269 e. The highest BCUT2D eigenvalue weighted by Crippen LogP contribution is 2.23. The third-order valence-electron chi connectivity index (χ3n) is 3.89. The highest BCUT2D eigenvalue weighted by atomic mass is 16.6. The number of nitrogen functional groups attached to an aromatic ring is 1. The fourth-order valence-electron chi connectivity index (χ4n) is 2.47. The normalized spacial score (nSPS) is 20.9. The van der Waals surface area contributed by atoms with Crippen molar-refractivity contribution in [2.45, 2.75) is 19.5 Å². The number of non-ortho nitro benzene ring substituents is 1. The standard InChI is InChI=1S/C13H21N5O2/c1-10-8-17(6-5-16(10)2)9-11-7-12(18(19)20)3-4-13(11)15-14/h3-4,7,10,15H,5-6,8-9,14H2,1-2H3. The van der Waals surface area contributed by atoms with Crippen LogP contribution in [0.2, 0.25) is 0 Å². The molecule has 0 aliphatic carbocycles. The van der Waals surface area contributed by atoms with Crippen LogP contribution in [0, 0.1) is 10.1 Å². The van der Waals surface area contributed by atoms with Crippen molar-refractivity contribution in [3.05, 3.63) is 33.9 Å². The summed E-state index contributed by atoms with van der Waals surface area (Å²) in [5.41, 5.74) is 4.31. The van der Waals surface area contributed by atoms with E-state index < -0.39 is 0 Å². The molecule has 7 heteroatoms. The second-order valence-electron chi connectivity index (χ2n) is 5.31. The summed E-state index contributed by atoms with van der Waals surface area (Å²) in [7, 11) is 2.11. The van der Waals surface area contributed by atoms with Gasteiger partial charge in [0, 0.05) is 44.4 Å². The number of nitrogens with two attached hydrogens (primary N) is 1. The number of nitro groups is 1. The molecule has 110 valence electrons. The molecule has 2 rings (SSSR count). The maximum absolute atomic E-state index is 10.9. The second-order valence-corrected chi connectivity index (χ2v) is 5.31. The number of nitro benzene ring substituents is 1. The molecular weight excluding hydrogens is 258 g/mol. The number of nitrogens with zero attached hydrogens (tertiary/aromatic N) is 3. The zero-order valence-electron chi connectivity index (χ0n) is 11.9. The van der Waals surface area contributed by atoms with Crippen molar-refractivity contribution in [2.24, 2.45) is 5.84 Å². The van der Waals surface area contributed by atoms with Crippen molar-refractivity contribution < 1.29 is 4.92 Å². The van der Waals surface area contributed by atoms with E-state index in [-0.39, 0.29) is 10.6 Å². The Morgan fingerprint density at radius 2 is 2.25 bits per heavy atom. The Morgan fingerprint density at radius 1 is 1.50 bits per heavy atom. The summed E-state index contributed by atoms with van der Waals surface area (Å²) in [5.74, 6) is 5.48. The summed E-state index contributed by atoms with van der Waals surface area (Å²) >= 11 is 0. The number of piperazine rings is 1. The molecule has 1 aromatic carbocycles. The summed E-state index contributed by atoms with van der Waals surface area (Å²) < 4.78 is 0. The first-order chi connectivity index (χ1) is 9.51. The Hall–Kier alpha value is -1.70. The number of hydrogen-bond donors (Lipinski definition) is 2. The lowest BCUT2D eigenvalue weighted by molar-refractivity contribution is -0.384. The molecule has 0 radical (unpaired) electrons. The predicted molar refractivity (Wildman–Crippen MR) is 78.3 cm³/mol. The smallest absolute Gasteiger partial charge is 0.269 e. The van der Waals surface area contributed by atoms with Crippen LogP contribution in [0.5, 0.6) is 0 Å². The van der Waals surface area contributed by atoms with Gasteiger partial charge in [0.1, 0.15) is 0 Å². The third-order valence-corrected chi connectivity index (χ3v) is 3.89. The molecule has 0 amide bonds. The zero-order valence-corrected chi connectivity index (χ0v) is 11.9. The van der Waals surface area contributed by atoms with Crippen molar-refractivity contribution in [3.63, 3.8) is 0 Å². The molecule has 1 aromatic rings. The molecule has 20 heavy (non-hydrogen) atoms. The minimum atomic E-state index is -0.379. The highest BCUT2D eigenvalue weighted by molar-refractivity contribution is 5.55. The Bertz CT molecular complexity index is 494. The molecule has 0 aromatic heterocycles. The SMILES string of the molecule is CC1CN(Cc2cc([N+](=O)[O-])ccc2NN)CCN1C. The zero-order chi connectivity index (χ0) is 14.7. The van der Waals surface area contributed by atoms with Crippen molar-refractivity contribution in [2.75, 3.05) is 32.1 Å². The van der Waals surface area contributed by atoms with Gasteiger partial charge in [-0.25, -0.2) is 0 Å². The van der Waals surface area contributed by atoms with Gasteiger partial charge < -0.3 is 10.3 Å². The van der Waals surface area contributed by atoms with E-state index in [0.29, 0.717) is 12.6 Å². The molecule has 1 aliphatic heterocycles. The van der Waals surface area contributed by atoms with Gasteiger partial charge in [0.2, 0.25) is 0 Å². The highest BCUT2D eigenvalue weighted by Gasteiger charge is 2.22. The lowest BCUT2D eigenvalue weighted by Crippen LogP contribution is -2.49. The van der Waals surface area contributed by atoms with Crippen LogP contribution in [0.3, 0.4) is 0 Å². The molecule has 0 bridgehead atoms. The van der Waals surface area contributed by atoms with Crippen molar-refractivity contribution in [1.82, 2.24) is 9.80 Å². The average molecular weight is 279 g/mol. The lowest BCUT2D eigenvalue weighted by Gasteiger charge is -2.37. The van der Waals surface area contributed by atoms with E-state index in [9.17, 15) is 10.1 Å². The molecule has 1 saturated heterocycles. The molecule has 1 atom stereocenters. The summed E-state index contributed by atoms with van der Waals surface area (Å²) in [5, 5.41) is 10.9. The van der Waals surface area contributed by atoms with Crippen molar-refractivity contribution >= 4 is 11.4 Å². The number of benzene rings is 1. The van der Waals surface area contributed by atoms with E-state index in [1.54, 1.807) is 12.1 Å². The molecule has 1 fully saturated rings. The van der Waals surface area contributed by atoms with Gasteiger partial charge in [-0.15, -0.1) is 0 Å². The Labute approximate surface area is 118 Å². The van der Waals surface area contributed by atoms with Crippen LogP contribution >= 0.6 is 0 Å². The average Bonchev–Trinajstić information content (AvgIpc) is 2.42. The number of nitrogens with one attached hydrogen (secondary N) is 1. The first-order valence-electron chi connectivity index (χ1n) is 6.67. The van der Waals surface area contributed by atoms with Crippen LogP contribution in [0.4, 0.5) is 11.4 Å². The number of likely N-dealkylation sites (N-methyl/N-ethyl adjacent to an activating group) is 1. The fraction of sp³-hybridized carbons (Fsp3) is 0.538. The van der Waals surface area contributed by atoms with Gasteiger partial charge in [-0.1, -0.05) is 0 Å². The minimum Gasteiger partial charge on any atom is -0.324 e. The van der Waals surface area contributed by atoms with Crippen LogP contribution in [-0.4, -0.2) is 47.4 Å². The summed E-state index contributed by atoms with van der Waals surface area (Å²) in [6, 6.07) is 5.20. The molecule has 3 N–H and O–H groups in total. The van der Waals surface area contributed by atoms with Crippen LogP contribution in [0.1, 0.15) is 12.5 Å². The van der Waals surface area contributed by atoms with Gasteiger partial charge in [-0.2, -0.15) is 0 Å². The van der Waals surface area contributed by atoms with E-state index in [1.165, 1.54) is 6.07 Å². The van der Waals surface area contributed by atoms with Crippen LogP contribution in [0.25, 0.3) is 0 Å². The molecule has 1 unspecified atom stereocenters. The lowest BCUT2D eigenvalue weighted by atomic mass is 10.1. The molecule has 0 spiro atoms. The monoisotopic (exact) mass is 279 g/mol. The third kappa shape index (κ3) is 3.24. The second kappa shape index (κ2) is 6.17. The number of rotatable bonds is 4. The summed E-state index contributed by atoms with van der Waals surface area (Å²) in [4.78, 5) is 15.1. The van der Waals surface area contributed by atoms with Crippen LogP contribution in [0.15, 0.2) is 18.2 Å². The molecule has 1 aliphatic rings. The summed E-state index contributed by atoms with van der Waals surface area (Å²) in [6.07, 6.45) is 0. The van der Waals surface area contributed by atoms with Crippen LogP contribution in [-0.2, 0) is 6.54 Å². The van der Waals surface area contributed by atoms with E-state index in [4.69, 9.17) is 5.84 Å². The van der Waals surface area contributed by atoms with E-state index >= 15 is 0 Å². The van der Waals surface area contributed by atoms with Gasteiger partial charge in [0.25, 0.3) is 5.69 Å². The molecule has 7 nitrogen and oxygen atoms in total. The molecule has 1 heterocycles. The first kappa shape index (κ1) is 14.7. The molecule has 0 saturated carbocycles. The number of hydrazine groups is 1. The van der Waals surface area contributed by atoms with E-state index in [2.05, 4.69) is 29.2 Å². The van der Waals surface area contributed by atoms with Gasteiger partial charge in [-0.05, 0) is 25.6 Å². The topological polar surface area (TPSA) is 87.7 Å². The van der Waals surface area contributed by atoms with Crippen molar-refractivity contribution in [1.29, 1.82) is 0 Å². The van der Waals surface area contributed by atoms with Crippen LogP contribution < -0.4 is 11.3 Å². The van der Waals surface area contributed by atoms with Crippen molar-refractivity contribution in [3.8, 4) is 0 Å². The Balaban J connectivity index is 2.15. The number of hydrogen-bond acceptors (Lipinski definition) is 6. The first-order valence-corrected chi connectivity index (χ1v) is 6.67. The number of anilines is 1. The Morgan fingerprint density at radius 3 is 2.85 bits per heavy atom. The van der Waals surface area contributed by atoms with Gasteiger partial charge in [-0.3, -0.25) is 20.9 Å². The fourth-order valence-corrected chi connectivity index (χ4v) is 2.47. The minimum absolute atomic E-state index is 0.0983. The van der Waals surface area contributed by atoms with Gasteiger partial charge in [0.05, 0.1) is 10.6 Å². The van der Waals surface area contributed by atoms with Gasteiger partial charge >= 0.3 is 0 Å². The van der Waals surface area contributed by atoms with Gasteiger partial charge in [0.15, 0.2) is 0 Å². The van der Waals surface area contributed by atoms with E-state index in [1.807, 2.05) is 0 Å². The quantitative estimate of drug-likeness (QED) is 0.486. The maximum atomic E-state index is 10.9. The summed E-state index contributed by atoms with van der Waals surface area (Å²) in [6.45, 7) is 5.75. The predicted octanol–water partition coefficient (Wildman–Crippen LogP) is 1.02. The van der Waals surface area contributed by atoms with E-state index in [0.717, 1.165) is 30.9 Å². The molecular formula is C13H21N5O2.